The van der Waals surface area contributed by atoms with E-state index >= 15 is 0 Å². The highest BCUT2D eigenvalue weighted by molar-refractivity contribution is 7.87. The number of ether oxygens (including phenoxy) is 1. The van der Waals surface area contributed by atoms with Gasteiger partial charge in [0.05, 0.1) is 6.61 Å². The van der Waals surface area contributed by atoms with E-state index in [4.69, 9.17) is 8.92 Å². The molecule has 180 valence electrons. The fraction of sp³-hybridized carbons (Fsp3) is 0.269. The van der Waals surface area contributed by atoms with Gasteiger partial charge in [-0.3, -0.25) is 4.79 Å². The van der Waals surface area contributed by atoms with Gasteiger partial charge in [0.2, 0.25) is 5.91 Å². The van der Waals surface area contributed by atoms with E-state index in [1.54, 1.807) is 17.0 Å². The lowest BCUT2D eigenvalue weighted by molar-refractivity contribution is -0.139. The Balaban J connectivity index is 1.62. The minimum atomic E-state index is -4.08. The average Bonchev–Trinajstić information content (AvgIpc) is 2.83. The predicted octanol–water partition coefficient (Wildman–Crippen LogP) is 4.94. The summed E-state index contributed by atoms with van der Waals surface area (Å²) in [5.41, 5.74) is 1.82. The molecule has 0 spiro atoms. The molecule has 0 bridgehead atoms. The number of halogens is 1. The summed E-state index contributed by atoms with van der Waals surface area (Å²) in [5, 5.41) is 0. The van der Waals surface area contributed by atoms with Crippen molar-refractivity contribution in [2.45, 2.75) is 44.4 Å². The van der Waals surface area contributed by atoms with Gasteiger partial charge in [-0.05, 0) is 60.9 Å². The summed E-state index contributed by atoms with van der Waals surface area (Å²) in [5.74, 6) is -0.528. The normalized spacial score (nSPS) is 12.2. The number of hydrogen-bond donors (Lipinski definition) is 0. The third-order valence-electron chi connectivity index (χ3n) is 5.36. The molecule has 6 nitrogen and oxygen atoms in total. The largest absolute Gasteiger partial charge is 0.379 e. The van der Waals surface area contributed by atoms with E-state index in [1.807, 2.05) is 44.2 Å². The summed E-state index contributed by atoms with van der Waals surface area (Å²) in [6.45, 7) is 4.66. The number of carbonyl (C=O) groups excluding carboxylic acids is 1. The maximum Gasteiger partial charge on any atom is 0.339 e. The molecule has 0 saturated carbocycles. The molecule has 0 fully saturated rings. The fourth-order valence-corrected chi connectivity index (χ4v) is 4.18. The molecule has 0 aliphatic carbocycles. The van der Waals surface area contributed by atoms with E-state index in [1.165, 1.54) is 12.1 Å². The molecule has 0 radical (unpaired) electrons. The van der Waals surface area contributed by atoms with Gasteiger partial charge in [0, 0.05) is 12.6 Å². The Morgan fingerprint density at radius 2 is 1.59 bits per heavy atom. The van der Waals surface area contributed by atoms with Crippen LogP contribution >= 0.6 is 0 Å². The Labute approximate surface area is 200 Å². The molecule has 3 aromatic rings. The van der Waals surface area contributed by atoms with Crippen molar-refractivity contribution in [2.24, 2.45) is 0 Å². The van der Waals surface area contributed by atoms with Crippen molar-refractivity contribution in [1.82, 2.24) is 4.90 Å². The first-order chi connectivity index (χ1) is 16.3. The minimum Gasteiger partial charge on any atom is -0.379 e. The molecular weight excluding hydrogens is 457 g/mol. The summed E-state index contributed by atoms with van der Waals surface area (Å²) in [6.07, 6.45) is 0.779. The van der Waals surface area contributed by atoms with Crippen LogP contribution in [0.25, 0.3) is 0 Å². The molecule has 0 heterocycles. The summed E-state index contributed by atoms with van der Waals surface area (Å²) >= 11 is 0. The predicted molar refractivity (Wildman–Crippen MR) is 127 cm³/mol. The third kappa shape index (κ3) is 7.13. The van der Waals surface area contributed by atoms with Gasteiger partial charge in [-0.2, -0.15) is 8.42 Å². The van der Waals surface area contributed by atoms with Crippen molar-refractivity contribution < 1.29 is 26.5 Å². The standard InChI is InChI=1S/C26H28FNO5S/c1-3-20(2)28(26(29)19-32-18-22-7-5-4-6-8-22)17-21-9-13-24(14-10-21)33-34(30,31)25-15-11-23(27)12-16-25/h4-16,20H,3,17-19H2,1-2H3. The van der Waals surface area contributed by atoms with Crippen molar-refractivity contribution in [3.8, 4) is 5.75 Å². The number of carbonyl (C=O) groups is 1. The van der Waals surface area contributed by atoms with Crippen molar-refractivity contribution >= 4 is 16.0 Å². The van der Waals surface area contributed by atoms with Gasteiger partial charge in [0.15, 0.2) is 0 Å². The van der Waals surface area contributed by atoms with Crippen LogP contribution < -0.4 is 4.18 Å². The van der Waals surface area contributed by atoms with Gasteiger partial charge in [-0.25, -0.2) is 4.39 Å². The van der Waals surface area contributed by atoms with E-state index in [-0.39, 0.29) is 29.2 Å². The highest BCUT2D eigenvalue weighted by atomic mass is 32.2. The summed E-state index contributed by atoms with van der Waals surface area (Å²) in [7, 11) is -4.08. The van der Waals surface area contributed by atoms with Crippen LogP contribution in [-0.4, -0.2) is 31.9 Å². The topological polar surface area (TPSA) is 72.9 Å². The van der Waals surface area contributed by atoms with Crippen LogP contribution in [0.1, 0.15) is 31.4 Å². The van der Waals surface area contributed by atoms with Gasteiger partial charge in [0.25, 0.3) is 0 Å². The molecule has 1 atom stereocenters. The van der Waals surface area contributed by atoms with Crippen molar-refractivity contribution in [3.05, 3.63) is 95.8 Å². The van der Waals surface area contributed by atoms with E-state index in [0.29, 0.717) is 13.2 Å². The number of nitrogens with zero attached hydrogens (tertiary/aromatic N) is 1. The molecule has 0 N–H and O–H groups in total. The Morgan fingerprint density at radius 3 is 2.21 bits per heavy atom. The Bertz CT molecular complexity index is 1170. The second-order valence-electron chi connectivity index (χ2n) is 7.89. The fourth-order valence-electron chi connectivity index (χ4n) is 3.25. The summed E-state index contributed by atoms with van der Waals surface area (Å²) in [4.78, 5) is 14.5. The lowest BCUT2D eigenvalue weighted by Crippen LogP contribution is -2.40. The zero-order chi connectivity index (χ0) is 24.6. The molecule has 1 amide bonds. The Kier molecular flexibility index (Phi) is 8.79. The monoisotopic (exact) mass is 485 g/mol. The first kappa shape index (κ1) is 25.4. The van der Waals surface area contributed by atoms with Crippen LogP contribution in [-0.2, 0) is 32.8 Å². The second-order valence-corrected chi connectivity index (χ2v) is 9.44. The molecule has 3 aromatic carbocycles. The molecule has 34 heavy (non-hydrogen) atoms. The van der Waals surface area contributed by atoms with Crippen LogP contribution in [0.5, 0.6) is 5.75 Å². The quantitative estimate of drug-likeness (QED) is 0.360. The van der Waals surface area contributed by atoms with Crippen molar-refractivity contribution in [1.29, 1.82) is 0 Å². The van der Waals surface area contributed by atoms with Gasteiger partial charge >= 0.3 is 10.1 Å². The smallest absolute Gasteiger partial charge is 0.339 e. The van der Waals surface area contributed by atoms with Crippen LogP contribution in [0.15, 0.2) is 83.8 Å². The van der Waals surface area contributed by atoms with Gasteiger partial charge in [-0.1, -0.05) is 49.4 Å². The number of rotatable bonds is 11. The third-order valence-corrected chi connectivity index (χ3v) is 6.63. The van der Waals surface area contributed by atoms with Gasteiger partial charge in [0.1, 0.15) is 23.1 Å². The first-order valence-electron chi connectivity index (χ1n) is 11.0. The van der Waals surface area contributed by atoms with Crippen molar-refractivity contribution in [3.63, 3.8) is 0 Å². The maximum absolute atomic E-state index is 13.1. The maximum atomic E-state index is 13.1. The molecule has 3 rings (SSSR count). The van der Waals surface area contributed by atoms with Crippen LogP contribution in [0.3, 0.4) is 0 Å². The van der Waals surface area contributed by atoms with Gasteiger partial charge < -0.3 is 13.8 Å². The van der Waals surface area contributed by atoms with E-state index < -0.39 is 15.9 Å². The molecule has 0 aromatic heterocycles. The first-order valence-corrected chi connectivity index (χ1v) is 12.4. The molecule has 8 heteroatoms. The lowest BCUT2D eigenvalue weighted by atomic mass is 10.1. The zero-order valence-electron chi connectivity index (χ0n) is 19.2. The van der Waals surface area contributed by atoms with Crippen LogP contribution in [0.4, 0.5) is 4.39 Å². The molecular formula is C26H28FNO5S. The van der Waals surface area contributed by atoms with Gasteiger partial charge in [-0.15, -0.1) is 0 Å². The van der Waals surface area contributed by atoms with E-state index in [2.05, 4.69) is 0 Å². The van der Waals surface area contributed by atoms with E-state index in [0.717, 1.165) is 41.8 Å². The Morgan fingerprint density at radius 1 is 0.941 bits per heavy atom. The highest BCUT2D eigenvalue weighted by Gasteiger charge is 2.20. The van der Waals surface area contributed by atoms with Crippen LogP contribution in [0.2, 0.25) is 0 Å². The minimum absolute atomic E-state index is 0.00241. The SMILES string of the molecule is CCC(C)N(Cc1ccc(OS(=O)(=O)c2ccc(F)cc2)cc1)C(=O)COCc1ccccc1. The van der Waals surface area contributed by atoms with E-state index in [9.17, 15) is 17.6 Å². The van der Waals surface area contributed by atoms with Crippen LogP contribution in [0, 0.1) is 5.82 Å². The number of amides is 1. The summed E-state index contributed by atoms with van der Waals surface area (Å²) < 4.78 is 48.6. The number of benzene rings is 3. The number of hydrogen-bond acceptors (Lipinski definition) is 5. The molecule has 0 saturated heterocycles. The molecule has 0 aliphatic rings. The molecule has 1 unspecified atom stereocenters. The lowest BCUT2D eigenvalue weighted by Gasteiger charge is -2.29. The zero-order valence-corrected chi connectivity index (χ0v) is 20.0. The highest BCUT2D eigenvalue weighted by Crippen LogP contribution is 2.21. The average molecular weight is 486 g/mol. The molecule has 0 aliphatic heterocycles. The Hall–Kier alpha value is -3.23. The van der Waals surface area contributed by atoms with Crippen molar-refractivity contribution in [2.75, 3.05) is 6.61 Å². The second kappa shape index (κ2) is 11.8. The summed E-state index contributed by atoms with van der Waals surface area (Å²) in [6, 6.07) is 20.5.